The van der Waals surface area contributed by atoms with E-state index >= 15 is 0 Å². The van der Waals surface area contributed by atoms with Crippen LogP contribution < -0.4 is 10.1 Å². The summed E-state index contributed by atoms with van der Waals surface area (Å²) in [5.74, 6) is -0.875. The number of carbonyl (C=O) groups excluding carboxylic acids is 1. The van der Waals surface area contributed by atoms with Gasteiger partial charge in [-0.2, -0.15) is 0 Å². The highest BCUT2D eigenvalue weighted by Gasteiger charge is 2.33. The summed E-state index contributed by atoms with van der Waals surface area (Å²) in [6.07, 6.45) is -5.07. The van der Waals surface area contributed by atoms with Crippen molar-refractivity contribution in [2.45, 2.75) is 24.9 Å². The van der Waals surface area contributed by atoms with E-state index in [4.69, 9.17) is 0 Å². The Morgan fingerprint density at radius 1 is 1.12 bits per heavy atom. The molecule has 0 aliphatic heterocycles. The first-order valence-corrected chi connectivity index (χ1v) is 7.26. The summed E-state index contributed by atoms with van der Waals surface area (Å²) in [4.78, 5) is 12.3. The molecular formula is C17H14F3NO3. The highest BCUT2D eigenvalue weighted by Crippen LogP contribution is 2.31. The lowest BCUT2D eigenvalue weighted by molar-refractivity contribution is -0.274. The van der Waals surface area contributed by atoms with Gasteiger partial charge in [-0.05, 0) is 35.4 Å². The second-order valence-electron chi connectivity index (χ2n) is 5.49. The zero-order chi connectivity index (χ0) is 17.3. The number of benzene rings is 2. The van der Waals surface area contributed by atoms with E-state index in [1.165, 1.54) is 12.1 Å². The first-order chi connectivity index (χ1) is 11.3. The maximum absolute atomic E-state index is 12.3. The van der Waals surface area contributed by atoms with Crippen LogP contribution in [0.3, 0.4) is 0 Å². The van der Waals surface area contributed by atoms with Crippen molar-refractivity contribution in [3.63, 3.8) is 0 Å². The van der Waals surface area contributed by atoms with E-state index in [9.17, 15) is 23.1 Å². The Hall–Kier alpha value is -2.54. The Bertz CT molecular complexity index is 743. The minimum atomic E-state index is -4.78. The number of hydrogen-bond donors (Lipinski definition) is 2. The first kappa shape index (κ1) is 16.3. The molecule has 1 amide bonds. The number of rotatable bonds is 3. The first-order valence-electron chi connectivity index (χ1n) is 7.26. The molecule has 1 aliphatic carbocycles. The van der Waals surface area contributed by atoms with Crippen molar-refractivity contribution < 1.29 is 27.8 Å². The molecule has 2 atom stereocenters. The van der Waals surface area contributed by atoms with Crippen LogP contribution in [0, 0.1) is 0 Å². The van der Waals surface area contributed by atoms with Crippen LogP contribution in [0.25, 0.3) is 0 Å². The van der Waals surface area contributed by atoms with Gasteiger partial charge in [0.25, 0.3) is 5.91 Å². The number of ether oxygens (including phenoxy) is 1. The van der Waals surface area contributed by atoms with E-state index in [1.807, 2.05) is 24.3 Å². The molecule has 0 unspecified atom stereocenters. The van der Waals surface area contributed by atoms with Crippen LogP contribution in [0.4, 0.5) is 13.2 Å². The minimum absolute atomic E-state index is 0.182. The molecule has 0 spiro atoms. The zero-order valence-corrected chi connectivity index (χ0v) is 12.4. The fraction of sp³-hybridized carbons (Fsp3) is 0.235. The Balaban J connectivity index is 1.71. The predicted octanol–water partition coefficient (Wildman–Crippen LogP) is 2.97. The number of aliphatic hydroxyl groups is 1. The molecule has 24 heavy (non-hydrogen) atoms. The molecule has 0 saturated carbocycles. The van der Waals surface area contributed by atoms with Crippen molar-refractivity contribution in [2.24, 2.45) is 0 Å². The van der Waals surface area contributed by atoms with E-state index in [1.54, 1.807) is 0 Å². The molecule has 3 rings (SSSR count). The lowest BCUT2D eigenvalue weighted by Crippen LogP contribution is -2.33. The van der Waals surface area contributed by atoms with Gasteiger partial charge in [0.1, 0.15) is 5.75 Å². The van der Waals surface area contributed by atoms with E-state index < -0.39 is 30.2 Å². The number of amides is 1. The minimum Gasteiger partial charge on any atom is -0.406 e. The standard InChI is InChI=1S/C17H14F3NO3/c18-17(19,20)24-12-7-5-10(6-8-12)16(23)21-15-13-4-2-1-3-11(13)9-14(15)22/h1-8,14-15,22H,9H2,(H,21,23)/t14-,15+/m0/s1. The van der Waals surface area contributed by atoms with Crippen LogP contribution in [0.15, 0.2) is 48.5 Å². The molecule has 0 fully saturated rings. The maximum atomic E-state index is 12.3. The van der Waals surface area contributed by atoms with Crippen molar-refractivity contribution in [1.82, 2.24) is 5.32 Å². The number of halogens is 3. The van der Waals surface area contributed by atoms with Crippen LogP contribution in [0.1, 0.15) is 27.5 Å². The third-order valence-electron chi connectivity index (χ3n) is 3.84. The summed E-state index contributed by atoms with van der Waals surface area (Å²) in [6.45, 7) is 0. The topological polar surface area (TPSA) is 58.6 Å². The van der Waals surface area contributed by atoms with E-state index in [0.717, 1.165) is 23.3 Å². The van der Waals surface area contributed by atoms with Gasteiger partial charge in [0.2, 0.25) is 0 Å². The van der Waals surface area contributed by atoms with Crippen molar-refractivity contribution >= 4 is 5.91 Å². The third kappa shape index (κ3) is 3.51. The van der Waals surface area contributed by atoms with Crippen molar-refractivity contribution in [3.8, 4) is 5.75 Å². The molecule has 0 radical (unpaired) electrons. The molecule has 2 N–H and O–H groups in total. The summed E-state index contributed by atoms with van der Waals surface area (Å²) in [6, 6.07) is 11.5. The van der Waals surface area contributed by atoms with Gasteiger partial charge in [-0.1, -0.05) is 24.3 Å². The summed E-state index contributed by atoms with van der Waals surface area (Å²) in [5, 5.41) is 12.8. The Labute approximate surface area is 135 Å². The molecule has 4 nitrogen and oxygen atoms in total. The van der Waals surface area contributed by atoms with Crippen LogP contribution in [-0.4, -0.2) is 23.5 Å². The number of alkyl halides is 3. The largest absolute Gasteiger partial charge is 0.573 e. The normalized spacial score (nSPS) is 19.7. The molecule has 0 heterocycles. The second kappa shape index (κ2) is 6.16. The number of nitrogens with one attached hydrogen (secondary N) is 1. The molecule has 1 aliphatic rings. The number of aliphatic hydroxyl groups excluding tert-OH is 1. The second-order valence-corrected chi connectivity index (χ2v) is 5.49. The van der Waals surface area contributed by atoms with Gasteiger partial charge in [0.05, 0.1) is 12.1 Å². The third-order valence-corrected chi connectivity index (χ3v) is 3.84. The molecule has 2 aromatic rings. The molecule has 126 valence electrons. The van der Waals surface area contributed by atoms with Crippen molar-refractivity contribution in [2.75, 3.05) is 0 Å². The molecule has 7 heteroatoms. The zero-order valence-electron chi connectivity index (χ0n) is 12.4. The van der Waals surface area contributed by atoms with Crippen molar-refractivity contribution in [1.29, 1.82) is 0 Å². The quantitative estimate of drug-likeness (QED) is 0.905. The summed E-state index contributed by atoms with van der Waals surface area (Å²) >= 11 is 0. The Morgan fingerprint density at radius 3 is 2.46 bits per heavy atom. The average molecular weight is 337 g/mol. The van der Waals surface area contributed by atoms with Gasteiger partial charge in [-0.15, -0.1) is 13.2 Å². The summed E-state index contributed by atoms with van der Waals surface area (Å²) in [5.41, 5.74) is 1.99. The lowest BCUT2D eigenvalue weighted by atomic mass is 10.1. The average Bonchev–Trinajstić information content (AvgIpc) is 2.82. The monoisotopic (exact) mass is 337 g/mol. The van der Waals surface area contributed by atoms with Crippen LogP contribution in [0.5, 0.6) is 5.75 Å². The molecular weight excluding hydrogens is 323 g/mol. The number of hydrogen-bond acceptors (Lipinski definition) is 3. The molecule has 0 bridgehead atoms. The van der Waals surface area contributed by atoms with Gasteiger partial charge in [0, 0.05) is 12.0 Å². The smallest absolute Gasteiger partial charge is 0.406 e. The predicted molar refractivity (Wildman–Crippen MR) is 79.5 cm³/mol. The highest BCUT2D eigenvalue weighted by atomic mass is 19.4. The van der Waals surface area contributed by atoms with Gasteiger partial charge in [0.15, 0.2) is 0 Å². The fourth-order valence-electron chi connectivity index (χ4n) is 2.78. The van der Waals surface area contributed by atoms with Gasteiger partial charge in [-0.25, -0.2) is 0 Å². The summed E-state index contributed by atoms with van der Waals surface area (Å²) in [7, 11) is 0. The SMILES string of the molecule is O=C(N[C@@H]1c2ccccc2C[C@@H]1O)c1ccc(OC(F)(F)F)cc1. The maximum Gasteiger partial charge on any atom is 0.573 e. The van der Waals surface area contributed by atoms with Gasteiger partial charge < -0.3 is 15.2 Å². The molecule has 2 aromatic carbocycles. The van der Waals surface area contributed by atoms with Gasteiger partial charge >= 0.3 is 6.36 Å². The van der Waals surface area contributed by atoms with Crippen LogP contribution in [-0.2, 0) is 6.42 Å². The van der Waals surface area contributed by atoms with Crippen molar-refractivity contribution in [3.05, 3.63) is 65.2 Å². The fourth-order valence-corrected chi connectivity index (χ4v) is 2.78. The van der Waals surface area contributed by atoms with E-state index in [0.29, 0.717) is 6.42 Å². The lowest BCUT2D eigenvalue weighted by Gasteiger charge is -2.18. The van der Waals surface area contributed by atoms with E-state index in [2.05, 4.69) is 10.1 Å². The highest BCUT2D eigenvalue weighted by molar-refractivity contribution is 5.94. The summed E-state index contributed by atoms with van der Waals surface area (Å²) < 4.78 is 40.1. The Morgan fingerprint density at radius 2 is 1.79 bits per heavy atom. The van der Waals surface area contributed by atoms with Crippen LogP contribution >= 0.6 is 0 Å². The number of fused-ring (bicyclic) bond motifs is 1. The van der Waals surface area contributed by atoms with E-state index in [-0.39, 0.29) is 5.56 Å². The Kier molecular flexibility index (Phi) is 4.19. The van der Waals surface area contributed by atoms with Gasteiger partial charge in [-0.3, -0.25) is 4.79 Å². The number of carbonyl (C=O) groups is 1. The molecule has 0 aromatic heterocycles. The molecule has 0 saturated heterocycles. The van der Waals surface area contributed by atoms with Crippen LogP contribution in [0.2, 0.25) is 0 Å².